The van der Waals surface area contributed by atoms with Crippen molar-refractivity contribution in [3.05, 3.63) is 82.7 Å². The van der Waals surface area contributed by atoms with Gasteiger partial charge in [0.2, 0.25) is 0 Å². The first kappa shape index (κ1) is 18.9. The van der Waals surface area contributed by atoms with Crippen LogP contribution >= 0.6 is 0 Å². The predicted molar refractivity (Wildman–Crippen MR) is 103 cm³/mol. The summed E-state index contributed by atoms with van der Waals surface area (Å²) >= 11 is 0. The van der Waals surface area contributed by atoms with Gasteiger partial charge in [-0.05, 0) is 42.3 Å². The van der Waals surface area contributed by atoms with Crippen molar-refractivity contribution in [3.8, 4) is 17.2 Å². The number of esters is 1. The smallest absolute Gasteiger partial charge is 0.340 e. The van der Waals surface area contributed by atoms with Crippen molar-refractivity contribution in [1.29, 1.82) is 5.26 Å². The summed E-state index contributed by atoms with van der Waals surface area (Å²) in [5.74, 6) is -1.46. The van der Waals surface area contributed by atoms with Crippen LogP contribution in [-0.4, -0.2) is 28.6 Å². The van der Waals surface area contributed by atoms with Crippen LogP contribution in [0.15, 0.2) is 54.7 Å². The highest BCUT2D eigenvalue weighted by Gasteiger charge is 2.21. The van der Waals surface area contributed by atoms with E-state index in [0.717, 1.165) is 5.56 Å². The van der Waals surface area contributed by atoms with Crippen LogP contribution in [-0.2, 0) is 11.2 Å². The first-order valence-electron chi connectivity index (χ1n) is 8.73. The third-order valence-corrected chi connectivity index (χ3v) is 4.32. The molecule has 140 valence electrons. The maximum absolute atomic E-state index is 12.6. The van der Waals surface area contributed by atoms with Crippen molar-refractivity contribution < 1.29 is 19.4 Å². The van der Waals surface area contributed by atoms with Gasteiger partial charge in [-0.2, -0.15) is 5.26 Å². The van der Waals surface area contributed by atoms with E-state index in [0.29, 0.717) is 34.4 Å². The quantitative estimate of drug-likeness (QED) is 0.634. The molecule has 0 unspecified atom stereocenters. The van der Waals surface area contributed by atoms with Gasteiger partial charge in [-0.15, -0.1) is 0 Å². The van der Waals surface area contributed by atoms with E-state index in [4.69, 9.17) is 15.1 Å². The largest absolute Gasteiger partial charge is 0.478 e. The Kier molecular flexibility index (Phi) is 5.56. The summed E-state index contributed by atoms with van der Waals surface area (Å²) in [6.45, 7) is 1.98. The summed E-state index contributed by atoms with van der Waals surface area (Å²) in [5.41, 5.74) is 4.04. The molecule has 0 radical (unpaired) electrons. The van der Waals surface area contributed by atoms with Gasteiger partial charge in [-0.25, -0.2) is 9.59 Å². The molecule has 0 aliphatic heterocycles. The van der Waals surface area contributed by atoms with Gasteiger partial charge in [-0.3, -0.25) is 0 Å². The summed E-state index contributed by atoms with van der Waals surface area (Å²) in [6, 6.07) is 15.6. The molecule has 0 amide bonds. The number of carbonyl (C=O) groups is 2. The Morgan fingerprint density at radius 2 is 1.93 bits per heavy atom. The van der Waals surface area contributed by atoms with Crippen molar-refractivity contribution in [3.63, 3.8) is 0 Å². The van der Waals surface area contributed by atoms with E-state index in [2.05, 4.69) is 11.1 Å². The lowest BCUT2D eigenvalue weighted by Gasteiger charge is -2.08. The zero-order valence-electron chi connectivity index (χ0n) is 15.2. The lowest BCUT2D eigenvalue weighted by molar-refractivity contribution is 0.0525. The second-order valence-electron chi connectivity index (χ2n) is 6.15. The third-order valence-electron chi connectivity index (χ3n) is 4.32. The Labute approximate surface area is 162 Å². The number of aromatic nitrogens is 1. The van der Waals surface area contributed by atoms with Crippen molar-refractivity contribution in [2.24, 2.45) is 0 Å². The molecule has 0 saturated carbocycles. The van der Waals surface area contributed by atoms with Crippen LogP contribution in [0.4, 0.5) is 0 Å². The van der Waals surface area contributed by atoms with Crippen molar-refractivity contribution >= 4 is 11.9 Å². The second-order valence-corrected chi connectivity index (χ2v) is 6.15. The zero-order valence-corrected chi connectivity index (χ0v) is 15.2. The molecule has 0 bridgehead atoms. The van der Waals surface area contributed by atoms with E-state index in [1.807, 2.05) is 6.07 Å². The number of carbonyl (C=O) groups excluding carboxylic acids is 1. The summed E-state index contributed by atoms with van der Waals surface area (Å²) in [6.07, 6.45) is 2.14. The van der Waals surface area contributed by atoms with E-state index < -0.39 is 11.9 Å². The molecular formula is C22H18N2O4. The van der Waals surface area contributed by atoms with Gasteiger partial charge in [-0.1, -0.05) is 24.3 Å². The Bertz CT molecular complexity index is 1060. The second kappa shape index (κ2) is 8.23. The fourth-order valence-electron chi connectivity index (χ4n) is 3.02. The van der Waals surface area contributed by atoms with Crippen LogP contribution in [0.5, 0.6) is 0 Å². The van der Waals surface area contributed by atoms with Gasteiger partial charge in [0.05, 0.1) is 29.4 Å². The molecule has 0 spiro atoms. The molecule has 6 heteroatoms. The minimum atomic E-state index is -1.01. The molecule has 6 nitrogen and oxygen atoms in total. The standard InChI is InChI=1S/C22H18N2O4/c1-2-28-22(27)20-18(16-6-8-17(9-7-16)21(25)26)13-24-19(20)11-14-4-3-5-15(10-14)12-23/h3-10,13,24H,2,11H2,1H3,(H,25,26). The molecule has 28 heavy (non-hydrogen) atoms. The minimum absolute atomic E-state index is 0.172. The third kappa shape index (κ3) is 3.94. The highest BCUT2D eigenvalue weighted by atomic mass is 16.5. The zero-order chi connectivity index (χ0) is 20.1. The molecule has 1 heterocycles. The molecule has 3 rings (SSSR count). The molecule has 0 atom stereocenters. The molecule has 2 N–H and O–H groups in total. The molecule has 3 aromatic rings. The van der Waals surface area contributed by atoms with Crippen LogP contribution in [0.1, 0.15) is 44.5 Å². The van der Waals surface area contributed by atoms with Gasteiger partial charge in [0, 0.05) is 23.9 Å². The minimum Gasteiger partial charge on any atom is -0.478 e. The normalized spacial score (nSPS) is 10.3. The summed E-state index contributed by atoms with van der Waals surface area (Å²) in [5, 5.41) is 18.1. The number of ether oxygens (including phenoxy) is 1. The van der Waals surface area contributed by atoms with E-state index >= 15 is 0 Å². The Balaban J connectivity index is 2.02. The summed E-state index contributed by atoms with van der Waals surface area (Å²) in [4.78, 5) is 26.8. The molecule has 0 aliphatic rings. The molecule has 1 aromatic heterocycles. The Hall–Kier alpha value is -3.85. The fraction of sp³-hybridized carbons (Fsp3) is 0.136. The number of benzene rings is 2. The number of hydrogen-bond acceptors (Lipinski definition) is 4. The summed E-state index contributed by atoms with van der Waals surface area (Å²) < 4.78 is 5.23. The van der Waals surface area contributed by atoms with E-state index in [9.17, 15) is 9.59 Å². The summed E-state index contributed by atoms with van der Waals surface area (Å²) in [7, 11) is 0. The number of aromatic amines is 1. The molecule has 2 aromatic carbocycles. The fourth-order valence-corrected chi connectivity index (χ4v) is 3.02. The average molecular weight is 374 g/mol. The maximum Gasteiger partial charge on any atom is 0.340 e. The van der Waals surface area contributed by atoms with E-state index in [1.165, 1.54) is 12.1 Å². The van der Waals surface area contributed by atoms with Gasteiger partial charge in [0.15, 0.2) is 0 Å². The molecule has 0 saturated heterocycles. The number of carboxylic acid groups (broad SMARTS) is 1. The maximum atomic E-state index is 12.6. The van der Waals surface area contributed by atoms with Crippen LogP contribution < -0.4 is 0 Å². The van der Waals surface area contributed by atoms with Crippen LogP contribution in [0, 0.1) is 11.3 Å². The van der Waals surface area contributed by atoms with Gasteiger partial charge in [0.1, 0.15) is 0 Å². The number of rotatable bonds is 6. The molecular weight excluding hydrogens is 356 g/mol. The Morgan fingerprint density at radius 3 is 2.57 bits per heavy atom. The van der Waals surface area contributed by atoms with Crippen molar-refractivity contribution in [2.75, 3.05) is 6.61 Å². The van der Waals surface area contributed by atoms with Crippen molar-refractivity contribution in [2.45, 2.75) is 13.3 Å². The number of hydrogen-bond donors (Lipinski definition) is 2. The first-order chi connectivity index (χ1) is 13.5. The van der Waals surface area contributed by atoms with Crippen LogP contribution in [0.25, 0.3) is 11.1 Å². The molecule has 0 fully saturated rings. The highest BCUT2D eigenvalue weighted by Crippen LogP contribution is 2.29. The predicted octanol–water partition coefficient (Wildman–Crippen LogP) is 4.02. The number of nitriles is 1. The van der Waals surface area contributed by atoms with Crippen molar-refractivity contribution in [1.82, 2.24) is 4.98 Å². The topological polar surface area (TPSA) is 103 Å². The Morgan fingerprint density at radius 1 is 1.18 bits per heavy atom. The van der Waals surface area contributed by atoms with Crippen LogP contribution in [0.3, 0.4) is 0 Å². The lowest BCUT2D eigenvalue weighted by atomic mass is 9.98. The van der Waals surface area contributed by atoms with Gasteiger partial charge >= 0.3 is 11.9 Å². The number of nitrogens with zero attached hydrogens (tertiary/aromatic N) is 1. The van der Waals surface area contributed by atoms with E-state index in [-0.39, 0.29) is 12.2 Å². The SMILES string of the molecule is CCOC(=O)c1c(-c2ccc(C(=O)O)cc2)c[nH]c1Cc1cccc(C#N)c1. The molecule has 0 aliphatic carbocycles. The number of aromatic carboxylic acids is 1. The van der Waals surface area contributed by atoms with Gasteiger partial charge < -0.3 is 14.8 Å². The first-order valence-corrected chi connectivity index (χ1v) is 8.73. The van der Waals surface area contributed by atoms with E-state index in [1.54, 1.807) is 43.5 Å². The monoisotopic (exact) mass is 374 g/mol. The highest BCUT2D eigenvalue weighted by molar-refractivity contribution is 5.99. The number of H-pyrrole nitrogens is 1. The lowest BCUT2D eigenvalue weighted by Crippen LogP contribution is -2.08. The average Bonchev–Trinajstić information content (AvgIpc) is 3.12. The number of nitrogens with one attached hydrogen (secondary N) is 1. The van der Waals surface area contributed by atoms with Gasteiger partial charge in [0.25, 0.3) is 0 Å². The van der Waals surface area contributed by atoms with Crippen LogP contribution in [0.2, 0.25) is 0 Å². The number of carboxylic acids is 1.